The van der Waals surface area contributed by atoms with Crippen LogP contribution in [0.3, 0.4) is 0 Å². The van der Waals surface area contributed by atoms with E-state index in [4.69, 9.17) is 10.5 Å². The number of rotatable bonds is 4. The molecule has 4 nitrogen and oxygen atoms in total. The van der Waals surface area contributed by atoms with Crippen LogP contribution in [0.5, 0.6) is 5.75 Å². The summed E-state index contributed by atoms with van der Waals surface area (Å²) in [6.07, 6.45) is 0. The second-order valence-electron chi connectivity index (χ2n) is 4.32. The van der Waals surface area contributed by atoms with E-state index in [2.05, 4.69) is 0 Å². The maximum absolute atomic E-state index is 12.3. The molecule has 0 aliphatic carbocycles. The van der Waals surface area contributed by atoms with Crippen LogP contribution >= 0.6 is 0 Å². The average molecular weight is 278 g/mol. The Morgan fingerprint density at radius 1 is 1.05 bits per heavy atom. The van der Waals surface area contributed by atoms with Gasteiger partial charge in [-0.1, -0.05) is 30.3 Å². The lowest BCUT2D eigenvalue weighted by Crippen LogP contribution is -2.09. The second kappa shape index (κ2) is 6.40. The molecule has 0 saturated carbocycles. The van der Waals surface area contributed by atoms with Gasteiger partial charge in [-0.15, -0.1) is 0 Å². The lowest BCUT2D eigenvalue weighted by Gasteiger charge is -2.07. The first kappa shape index (κ1) is 14.4. The smallest absolute Gasteiger partial charge is 0.205 e. The highest BCUT2D eigenvalue weighted by Crippen LogP contribution is 2.20. The summed E-state index contributed by atoms with van der Waals surface area (Å²) in [5.74, 6) is 0.297. The molecule has 0 aliphatic rings. The van der Waals surface area contributed by atoms with Crippen LogP contribution in [0.25, 0.3) is 5.70 Å². The monoisotopic (exact) mass is 278 g/mol. The molecule has 0 unspecified atom stereocenters. The van der Waals surface area contributed by atoms with Crippen molar-refractivity contribution in [2.24, 2.45) is 5.73 Å². The summed E-state index contributed by atoms with van der Waals surface area (Å²) >= 11 is 0. The van der Waals surface area contributed by atoms with Gasteiger partial charge in [-0.2, -0.15) is 5.26 Å². The lowest BCUT2D eigenvalue weighted by molar-refractivity contribution is 0.103. The largest absolute Gasteiger partial charge is 0.497 e. The average Bonchev–Trinajstić information content (AvgIpc) is 2.56. The number of carbonyl (C=O) groups excluding carboxylic acids is 1. The van der Waals surface area contributed by atoms with Gasteiger partial charge in [-0.25, -0.2) is 0 Å². The molecule has 21 heavy (non-hydrogen) atoms. The summed E-state index contributed by atoms with van der Waals surface area (Å²) < 4.78 is 5.06. The van der Waals surface area contributed by atoms with Crippen molar-refractivity contribution in [1.82, 2.24) is 0 Å². The number of hydrogen-bond acceptors (Lipinski definition) is 4. The molecule has 104 valence electrons. The van der Waals surface area contributed by atoms with E-state index in [0.29, 0.717) is 16.9 Å². The Kier molecular flexibility index (Phi) is 4.37. The van der Waals surface area contributed by atoms with Gasteiger partial charge in [0.2, 0.25) is 5.78 Å². The Balaban J connectivity index is 2.42. The lowest BCUT2D eigenvalue weighted by atomic mass is 9.99. The third-order valence-corrected chi connectivity index (χ3v) is 3.05. The number of hydrogen-bond donors (Lipinski definition) is 1. The van der Waals surface area contributed by atoms with Gasteiger partial charge < -0.3 is 10.5 Å². The van der Waals surface area contributed by atoms with Crippen LogP contribution in [0.1, 0.15) is 15.9 Å². The molecular formula is C17H14N2O2. The Morgan fingerprint density at radius 3 is 2.19 bits per heavy atom. The fraction of sp³-hybridized carbons (Fsp3) is 0.0588. The summed E-state index contributed by atoms with van der Waals surface area (Å²) in [5, 5.41) is 9.26. The Labute approximate surface area is 123 Å². The molecule has 0 aromatic heterocycles. The predicted molar refractivity (Wildman–Crippen MR) is 80.5 cm³/mol. The fourth-order valence-corrected chi connectivity index (χ4v) is 1.88. The van der Waals surface area contributed by atoms with Gasteiger partial charge in [0, 0.05) is 5.56 Å². The van der Waals surface area contributed by atoms with Crippen molar-refractivity contribution in [2.75, 3.05) is 7.11 Å². The molecule has 0 fully saturated rings. The van der Waals surface area contributed by atoms with Crippen molar-refractivity contribution in [1.29, 1.82) is 5.26 Å². The minimum Gasteiger partial charge on any atom is -0.497 e. The van der Waals surface area contributed by atoms with Gasteiger partial charge >= 0.3 is 0 Å². The van der Waals surface area contributed by atoms with E-state index in [9.17, 15) is 10.1 Å². The first-order chi connectivity index (χ1) is 10.2. The third-order valence-electron chi connectivity index (χ3n) is 3.05. The molecule has 0 heterocycles. The summed E-state index contributed by atoms with van der Waals surface area (Å²) in [5.41, 5.74) is 7.12. The number of Topliss-reactive ketones (excluding diaryl/α,β-unsaturated/α-hetero) is 1. The van der Waals surface area contributed by atoms with Crippen LogP contribution in [-0.2, 0) is 0 Å². The predicted octanol–water partition coefficient (Wildman–Crippen LogP) is 2.77. The molecule has 2 aromatic rings. The molecular weight excluding hydrogens is 264 g/mol. The van der Waals surface area contributed by atoms with Gasteiger partial charge in [0.25, 0.3) is 0 Å². The van der Waals surface area contributed by atoms with E-state index in [0.717, 1.165) is 0 Å². The van der Waals surface area contributed by atoms with Gasteiger partial charge in [0.05, 0.1) is 12.8 Å². The summed E-state index contributed by atoms with van der Waals surface area (Å²) in [4.78, 5) is 12.3. The van der Waals surface area contributed by atoms with E-state index in [1.807, 2.05) is 6.07 Å². The van der Waals surface area contributed by atoms with Crippen LogP contribution in [0.4, 0.5) is 0 Å². The van der Waals surface area contributed by atoms with Crippen molar-refractivity contribution in [2.45, 2.75) is 0 Å². The molecule has 2 N–H and O–H groups in total. The molecule has 0 spiro atoms. The van der Waals surface area contributed by atoms with E-state index in [-0.39, 0.29) is 17.1 Å². The van der Waals surface area contributed by atoms with Crippen LogP contribution in [0.15, 0.2) is 60.2 Å². The maximum atomic E-state index is 12.3. The van der Waals surface area contributed by atoms with Crippen LogP contribution < -0.4 is 10.5 Å². The minimum absolute atomic E-state index is 0.0635. The molecule has 0 aliphatic heterocycles. The summed E-state index contributed by atoms with van der Waals surface area (Å²) in [6, 6.07) is 17.4. The third kappa shape index (κ3) is 3.10. The molecule has 0 atom stereocenters. The number of nitrogens with zero attached hydrogens (tertiary/aromatic N) is 1. The van der Waals surface area contributed by atoms with Crippen LogP contribution in [-0.4, -0.2) is 12.9 Å². The number of benzene rings is 2. The van der Waals surface area contributed by atoms with Crippen LogP contribution in [0, 0.1) is 11.3 Å². The van der Waals surface area contributed by atoms with Crippen molar-refractivity contribution < 1.29 is 9.53 Å². The minimum atomic E-state index is -0.383. The quantitative estimate of drug-likeness (QED) is 0.530. The Hall–Kier alpha value is -3.06. The zero-order valence-electron chi connectivity index (χ0n) is 11.5. The fourth-order valence-electron chi connectivity index (χ4n) is 1.88. The number of nitriles is 1. The highest BCUT2D eigenvalue weighted by molar-refractivity contribution is 6.15. The molecule has 2 aromatic carbocycles. The van der Waals surface area contributed by atoms with E-state index in [1.165, 1.54) is 0 Å². The second-order valence-corrected chi connectivity index (χ2v) is 4.32. The van der Waals surface area contributed by atoms with Crippen molar-refractivity contribution in [3.63, 3.8) is 0 Å². The topological polar surface area (TPSA) is 76.1 Å². The molecule has 0 amide bonds. The molecule has 0 radical (unpaired) electrons. The number of methoxy groups -OCH3 is 1. The standard InChI is InChI=1S/C17H14N2O2/c1-21-14-9-7-12(8-10-14)16(19)15(11-18)17(20)13-5-3-2-4-6-13/h2-10H,19H2,1H3. The van der Waals surface area contributed by atoms with E-state index in [1.54, 1.807) is 61.7 Å². The summed E-state index contributed by atoms with van der Waals surface area (Å²) in [6.45, 7) is 0. The van der Waals surface area contributed by atoms with E-state index >= 15 is 0 Å². The summed E-state index contributed by atoms with van der Waals surface area (Å²) in [7, 11) is 1.56. The molecule has 0 saturated heterocycles. The first-order valence-corrected chi connectivity index (χ1v) is 6.31. The van der Waals surface area contributed by atoms with Crippen LogP contribution in [0.2, 0.25) is 0 Å². The van der Waals surface area contributed by atoms with Gasteiger partial charge in [0.15, 0.2) is 0 Å². The number of ketones is 1. The normalized spacial score (nSPS) is 11.2. The highest BCUT2D eigenvalue weighted by atomic mass is 16.5. The Bertz CT molecular complexity index is 711. The van der Waals surface area contributed by atoms with Crippen molar-refractivity contribution in [3.05, 3.63) is 71.3 Å². The highest BCUT2D eigenvalue weighted by Gasteiger charge is 2.16. The zero-order valence-corrected chi connectivity index (χ0v) is 11.5. The molecule has 0 bridgehead atoms. The SMILES string of the molecule is COc1ccc(C(N)=C(C#N)C(=O)c2ccccc2)cc1. The number of nitrogens with two attached hydrogens (primary N) is 1. The number of carbonyl (C=O) groups is 1. The number of ether oxygens (including phenoxy) is 1. The Morgan fingerprint density at radius 2 is 1.67 bits per heavy atom. The first-order valence-electron chi connectivity index (χ1n) is 6.31. The van der Waals surface area contributed by atoms with Crippen molar-refractivity contribution >= 4 is 11.5 Å². The van der Waals surface area contributed by atoms with Gasteiger partial charge in [-0.3, -0.25) is 4.79 Å². The van der Waals surface area contributed by atoms with E-state index < -0.39 is 0 Å². The zero-order chi connectivity index (χ0) is 15.2. The molecule has 2 rings (SSSR count). The van der Waals surface area contributed by atoms with Crippen molar-refractivity contribution in [3.8, 4) is 11.8 Å². The maximum Gasteiger partial charge on any atom is 0.205 e. The molecule has 4 heteroatoms. The van der Waals surface area contributed by atoms with Gasteiger partial charge in [-0.05, 0) is 29.8 Å². The van der Waals surface area contributed by atoms with Gasteiger partial charge in [0.1, 0.15) is 17.4 Å². The number of allylic oxidation sites excluding steroid dienone is 1.